The van der Waals surface area contributed by atoms with Crippen LogP contribution < -0.4 is 9.46 Å². The Labute approximate surface area is 201 Å². The molecule has 2 aromatic rings. The Morgan fingerprint density at radius 3 is 2.32 bits per heavy atom. The minimum atomic E-state index is -3.48. The molecule has 4 rings (SSSR count). The molecular weight excluding hydrogens is 452 g/mol. The number of benzene rings is 2. The van der Waals surface area contributed by atoms with Crippen LogP contribution in [0.15, 0.2) is 42.5 Å². The highest BCUT2D eigenvalue weighted by Crippen LogP contribution is 2.32. The molecule has 2 aliphatic rings. The summed E-state index contributed by atoms with van der Waals surface area (Å²) in [5, 5.41) is 0. The van der Waals surface area contributed by atoms with Crippen LogP contribution >= 0.6 is 0 Å². The van der Waals surface area contributed by atoms with E-state index < -0.39 is 10.0 Å². The van der Waals surface area contributed by atoms with Crippen molar-refractivity contribution in [3.05, 3.63) is 64.7 Å². The van der Waals surface area contributed by atoms with E-state index in [0.717, 1.165) is 16.9 Å². The largest absolute Gasteiger partial charge is 0.493 e. The average Bonchev–Trinajstić information content (AvgIpc) is 3.60. The summed E-state index contributed by atoms with van der Waals surface area (Å²) in [6, 6.07) is 12.2. The number of nitrogens with zero attached hydrogens (tertiary/aromatic N) is 1. The molecule has 1 fully saturated rings. The standard InChI is InChI=1S/C26H32N2O5S/c1-18-21(11-8-12-24(18)33-17-20-13-14-20)19(2)27-34(31,32)16-7-3-6-15-28-25(29)22-9-4-5-10-23(22)26(28)30/h4-5,8-12,19-20,27H,3,6-7,13-17H2,1-2H3/t19-/m0/s1. The van der Waals surface area contributed by atoms with Gasteiger partial charge in [-0.15, -0.1) is 0 Å². The van der Waals surface area contributed by atoms with E-state index in [1.807, 2.05) is 32.0 Å². The monoisotopic (exact) mass is 484 g/mol. The smallest absolute Gasteiger partial charge is 0.261 e. The van der Waals surface area contributed by atoms with Gasteiger partial charge in [-0.1, -0.05) is 30.7 Å². The maximum atomic E-state index is 12.6. The summed E-state index contributed by atoms with van der Waals surface area (Å²) in [6.45, 7) is 4.81. The predicted octanol–water partition coefficient (Wildman–Crippen LogP) is 4.23. The molecule has 0 radical (unpaired) electrons. The summed E-state index contributed by atoms with van der Waals surface area (Å²) in [4.78, 5) is 26.1. The third-order valence-corrected chi connectivity index (χ3v) is 8.03. The first-order valence-electron chi connectivity index (χ1n) is 11.9. The van der Waals surface area contributed by atoms with Crippen LogP contribution in [0.4, 0.5) is 0 Å². The molecule has 0 bridgehead atoms. The lowest BCUT2D eigenvalue weighted by molar-refractivity contribution is 0.0651. The molecule has 1 N–H and O–H groups in total. The van der Waals surface area contributed by atoms with Crippen molar-refractivity contribution in [2.45, 2.75) is 52.0 Å². The van der Waals surface area contributed by atoms with Crippen LogP contribution in [0.3, 0.4) is 0 Å². The van der Waals surface area contributed by atoms with Gasteiger partial charge in [-0.25, -0.2) is 13.1 Å². The molecule has 2 aromatic carbocycles. The molecule has 1 aliphatic carbocycles. The first-order valence-corrected chi connectivity index (χ1v) is 13.6. The maximum Gasteiger partial charge on any atom is 0.261 e. The second-order valence-corrected chi connectivity index (χ2v) is 11.1. The van der Waals surface area contributed by atoms with Crippen molar-refractivity contribution in [1.82, 2.24) is 9.62 Å². The molecule has 0 aromatic heterocycles. The Kier molecular flexibility index (Phi) is 7.38. The minimum absolute atomic E-state index is 0.00359. The number of fused-ring (bicyclic) bond motifs is 1. The number of hydrogen-bond acceptors (Lipinski definition) is 5. The molecule has 1 saturated carbocycles. The number of carbonyl (C=O) groups excluding carboxylic acids is 2. The van der Waals surface area contributed by atoms with Crippen molar-refractivity contribution in [1.29, 1.82) is 0 Å². The minimum Gasteiger partial charge on any atom is -0.493 e. The van der Waals surface area contributed by atoms with E-state index >= 15 is 0 Å². The molecule has 7 nitrogen and oxygen atoms in total. The van der Waals surface area contributed by atoms with E-state index in [9.17, 15) is 18.0 Å². The van der Waals surface area contributed by atoms with Crippen LogP contribution in [-0.2, 0) is 10.0 Å². The van der Waals surface area contributed by atoms with E-state index in [0.29, 0.717) is 49.5 Å². The van der Waals surface area contributed by atoms with Gasteiger partial charge in [-0.3, -0.25) is 14.5 Å². The van der Waals surface area contributed by atoms with Crippen molar-refractivity contribution in [3.63, 3.8) is 0 Å². The van der Waals surface area contributed by atoms with Gasteiger partial charge < -0.3 is 4.74 Å². The van der Waals surface area contributed by atoms with Crippen LogP contribution in [0.2, 0.25) is 0 Å². The highest BCUT2D eigenvalue weighted by atomic mass is 32.2. The van der Waals surface area contributed by atoms with Gasteiger partial charge >= 0.3 is 0 Å². The number of imide groups is 1. The van der Waals surface area contributed by atoms with Crippen LogP contribution in [0.1, 0.15) is 76.9 Å². The lowest BCUT2D eigenvalue weighted by Gasteiger charge is -2.19. The van der Waals surface area contributed by atoms with Gasteiger partial charge in [0.2, 0.25) is 10.0 Å². The van der Waals surface area contributed by atoms with Crippen molar-refractivity contribution < 1.29 is 22.7 Å². The number of rotatable bonds is 12. The van der Waals surface area contributed by atoms with Crippen LogP contribution in [0.25, 0.3) is 0 Å². The summed E-state index contributed by atoms with van der Waals surface area (Å²) in [6.07, 6.45) is 4.05. The number of carbonyl (C=O) groups is 2. The van der Waals surface area contributed by atoms with Gasteiger partial charge in [0, 0.05) is 12.6 Å². The molecule has 0 unspecified atom stereocenters. The normalized spacial score (nSPS) is 16.6. The molecule has 1 heterocycles. The fourth-order valence-electron chi connectivity index (χ4n) is 4.32. The molecule has 34 heavy (non-hydrogen) atoms. The zero-order valence-electron chi connectivity index (χ0n) is 19.7. The van der Waals surface area contributed by atoms with Crippen molar-refractivity contribution in [3.8, 4) is 5.75 Å². The van der Waals surface area contributed by atoms with Crippen LogP contribution in [-0.4, -0.2) is 44.0 Å². The molecule has 0 saturated heterocycles. The molecule has 1 atom stereocenters. The molecule has 2 amide bonds. The zero-order valence-corrected chi connectivity index (χ0v) is 20.6. The van der Waals surface area contributed by atoms with E-state index in [1.165, 1.54) is 17.7 Å². The fourth-order valence-corrected chi connectivity index (χ4v) is 5.69. The number of nitrogens with one attached hydrogen (secondary N) is 1. The predicted molar refractivity (Wildman–Crippen MR) is 130 cm³/mol. The fraction of sp³-hybridized carbons (Fsp3) is 0.462. The first-order chi connectivity index (χ1) is 16.3. The Morgan fingerprint density at radius 2 is 1.68 bits per heavy atom. The number of hydrogen-bond donors (Lipinski definition) is 1. The van der Waals surface area contributed by atoms with E-state index in [1.54, 1.807) is 24.3 Å². The third-order valence-electron chi connectivity index (χ3n) is 6.49. The van der Waals surface area contributed by atoms with Gasteiger partial charge in [-0.05, 0) is 74.8 Å². The second-order valence-electron chi connectivity index (χ2n) is 9.25. The Bertz CT molecular complexity index is 1140. The molecule has 182 valence electrons. The van der Waals surface area contributed by atoms with Gasteiger partial charge in [0.05, 0.1) is 23.5 Å². The zero-order chi connectivity index (χ0) is 24.3. The summed E-state index contributed by atoms with van der Waals surface area (Å²) in [5.41, 5.74) is 2.73. The van der Waals surface area contributed by atoms with Crippen molar-refractivity contribution >= 4 is 21.8 Å². The number of amides is 2. The topological polar surface area (TPSA) is 92.8 Å². The quantitative estimate of drug-likeness (QED) is 0.359. The third kappa shape index (κ3) is 5.67. The van der Waals surface area contributed by atoms with Gasteiger partial charge in [0.25, 0.3) is 11.8 Å². The lowest BCUT2D eigenvalue weighted by Crippen LogP contribution is -2.31. The van der Waals surface area contributed by atoms with Crippen LogP contribution in [0.5, 0.6) is 5.75 Å². The second kappa shape index (κ2) is 10.3. The van der Waals surface area contributed by atoms with Crippen molar-refractivity contribution in [2.75, 3.05) is 18.9 Å². The number of unbranched alkanes of at least 4 members (excludes halogenated alkanes) is 2. The Hall–Kier alpha value is -2.71. The number of ether oxygens (including phenoxy) is 1. The maximum absolute atomic E-state index is 12.6. The molecule has 1 aliphatic heterocycles. The first kappa shape index (κ1) is 24.4. The highest BCUT2D eigenvalue weighted by molar-refractivity contribution is 7.89. The molecule has 0 spiro atoms. The molecule has 8 heteroatoms. The van der Waals surface area contributed by atoms with E-state index in [4.69, 9.17) is 4.74 Å². The van der Waals surface area contributed by atoms with Gasteiger partial charge in [0.1, 0.15) is 5.75 Å². The van der Waals surface area contributed by atoms with Crippen molar-refractivity contribution in [2.24, 2.45) is 5.92 Å². The van der Waals surface area contributed by atoms with Gasteiger partial charge in [0.15, 0.2) is 0 Å². The summed E-state index contributed by atoms with van der Waals surface area (Å²) < 4.78 is 34.0. The summed E-state index contributed by atoms with van der Waals surface area (Å²) in [5.74, 6) is 0.903. The highest BCUT2D eigenvalue weighted by Gasteiger charge is 2.34. The average molecular weight is 485 g/mol. The van der Waals surface area contributed by atoms with E-state index in [2.05, 4.69) is 4.72 Å². The summed E-state index contributed by atoms with van der Waals surface area (Å²) >= 11 is 0. The summed E-state index contributed by atoms with van der Waals surface area (Å²) in [7, 11) is -3.48. The lowest BCUT2D eigenvalue weighted by atomic mass is 10.0. The van der Waals surface area contributed by atoms with Crippen LogP contribution in [0, 0.1) is 12.8 Å². The SMILES string of the molecule is Cc1c(OCC2CC2)cccc1[C@H](C)NS(=O)(=O)CCCCCN1C(=O)c2ccccc2C1=O. The van der Waals surface area contributed by atoms with Gasteiger partial charge in [-0.2, -0.15) is 0 Å². The Balaban J connectivity index is 1.23. The Morgan fingerprint density at radius 1 is 1.00 bits per heavy atom. The van der Waals surface area contributed by atoms with E-state index in [-0.39, 0.29) is 23.6 Å². The number of sulfonamides is 1. The molecular formula is C26H32N2O5S.